The molecule has 1 aliphatic heterocycles. The number of rotatable bonds is 13. The average molecular weight is 534 g/mol. The first kappa shape index (κ1) is 32.2. The van der Waals surface area contributed by atoms with E-state index in [0.29, 0.717) is 58.8 Å². The number of aliphatic hydroxyl groups excluding tert-OH is 1. The minimum Gasteiger partial charge on any atom is -0.480 e. The quantitative estimate of drug-likeness (QED) is 0.118. The van der Waals surface area contributed by atoms with Gasteiger partial charge in [0.25, 0.3) is 0 Å². The van der Waals surface area contributed by atoms with Crippen LogP contribution in [0.25, 0.3) is 0 Å². The third kappa shape index (κ3) is 15.8. The number of carboxylic acid groups (broad SMARTS) is 3. The Morgan fingerprint density at radius 1 is 0.703 bits per heavy atom. The SMILES string of the molecule is C[C@@H](O)C(=O)OCCCNC(=O)CN1CCN(CC(=O)O)CCN(CC(=O)O)CCN(CC(=O)O)CC1. The summed E-state index contributed by atoms with van der Waals surface area (Å²) in [7, 11) is 0. The molecule has 0 aliphatic carbocycles. The summed E-state index contributed by atoms with van der Waals surface area (Å²) >= 11 is 0. The molecule has 0 aromatic heterocycles. The summed E-state index contributed by atoms with van der Waals surface area (Å²) < 4.78 is 4.84. The molecule has 1 amide bonds. The van der Waals surface area contributed by atoms with Gasteiger partial charge in [0, 0.05) is 58.9 Å². The molecular formula is C22H39N5O10. The lowest BCUT2D eigenvalue weighted by atomic mass is 10.3. The summed E-state index contributed by atoms with van der Waals surface area (Å²) in [6, 6.07) is 0. The van der Waals surface area contributed by atoms with Crippen LogP contribution in [0.4, 0.5) is 0 Å². The highest BCUT2D eigenvalue weighted by Crippen LogP contribution is 2.01. The molecule has 0 aromatic carbocycles. The molecule has 0 saturated carbocycles. The van der Waals surface area contributed by atoms with E-state index in [-0.39, 0.29) is 45.2 Å². The van der Waals surface area contributed by atoms with Gasteiger partial charge in [0.05, 0.1) is 32.8 Å². The molecule has 212 valence electrons. The normalized spacial score (nSPS) is 18.2. The third-order valence-corrected chi connectivity index (χ3v) is 5.60. The molecule has 0 aromatic rings. The molecule has 1 heterocycles. The zero-order chi connectivity index (χ0) is 27.8. The zero-order valence-electron chi connectivity index (χ0n) is 21.2. The van der Waals surface area contributed by atoms with Crippen LogP contribution in [-0.2, 0) is 28.7 Å². The summed E-state index contributed by atoms with van der Waals surface area (Å²) in [5.41, 5.74) is 0. The summed E-state index contributed by atoms with van der Waals surface area (Å²) in [6.07, 6.45) is -0.861. The van der Waals surface area contributed by atoms with Gasteiger partial charge in [-0.1, -0.05) is 0 Å². The van der Waals surface area contributed by atoms with E-state index in [0.717, 1.165) is 0 Å². The summed E-state index contributed by atoms with van der Waals surface area (Å²) in [4.78, 5) is 64.4. The number of carbonyl (C=O) groups is 5. The van der Waals surface area contributed by atoms with E-state index in [1.165, 1.54) is 6.92 Å². The molecule has 0 radical (unpaired) electrons. The lowest BCUT2D eigenvalue weighted by Gasteiger charge is -2.32. The van der Waals surface area contributed by atoms with E-state index in [4.69, 9.17) is 9.84 Å². The maximum absolute atomic E-state index is 12.5. The lowest BCUT2D eigenvalue weighted by molar-refractivity contribution is -0.152. The van der Waals surface area contributed by atoms with Gasteiger partial charge in [-0.3, -0.25) is 38.8 Å². The summed E-state index contributed by atoms with van der Waals surface area (Å²) in [5.74, 6) is -4.11. The van der Waals surface area contributed by atoms with Crippen LogP contribution in [0.3, 0.4) is 0 Å². The molecule has 1 aliphatic rings. The Bertz CT molecular complexity index is 734. The Morgan fingerprint density at radius 3 is 1.38 bits per heavy atom. The number of nitrogens with one attached hydrogen (secondary N) is 1. The highest BCUT2D eigenvalue weighted by atomic mass is 16.5. The molecule has 1 rings (SSSR count). The molecular weight excluding hydrogens is 494 g/mol. The van der Waals surface area contributed by atoms with Crippen molar-refractivity contribution >= 4 is 29.8 Å². The van der Waals surface area contributed by atoms with Crippen molar-refractivity contribution < 1.29 is 49.1 Å². The van der Waals surface area contributed by atoms with E-state index in [9.17, 15) is 39.3 Å². The van der Waals surface area contributed by atoms with Gasteiger partial charge in [0.2, 0.25) is 5.91 Å². The van der Waals surface area contributed by atoms with Gasteiger partial charge >= 0.3 is 23.9 Å². The second-order valence-corrected chi connectivity index (χ2v) is 8.83. The van der Waals surface area contributed by atoms with Crippen molar-refractivity contribution in [1.82, 2.24) is 24.9 Å². The molecule has 0 unspecified atom stereocenters. The first-order valence-corrected chi connectivity index (χ1v) is 12.1. The molecule has 5 N–H and O–H groups in total. The fourth-order valence-corrected chi connectivity index (χ4v) is 3.64. The fraction of sp³-hybridized carbons (Fsp3) is 0.773. The highest BCUT2D eigenvalue weighted by Gasteiger charge is 2.21. The van der Waals surface area contributed by atoms with Crippen LogP contribution in [0.5, 0.6) is 0 Å². The fourth-order valence-electron chi connectivity index (χ4n) is 3.64. The van der Waals surface area contributed by atoms with Gasteiger partial charge < -0.3 is 30.5 Å². The largest absolute Gasteiger partial charge is 0.480 e. The van der Waals surface area contributed by atoms with Crippen molar-refractivity contribution in [1.29, 1.82) is 0 Å². The Labute approximate surface area is 215 Å². The van der Waals surface area contributed by atoms with Crippen molar-refractivity contribution in [3.8, 4) is 0 Å². The maximum atomic E-state index is 12.5. The Balaban J connectivity index is 2.77. The predicted molar refractivity (Wildman–Crippen MR) is 129 cm³/mol. The molecule has 15 heteroatoms. The minimum absolute atomic E-state index is 0.000420. The maximum Gasteiger partial charge on any atom is 0.334 e. The number of aliphatic carboxylic acids is 3. The van der Waals surface area contributed by atoms with E-state index in [1.807, 2.05) is 4.90 Å². The van der Waals surface area contributed by atoms with Crippen LogP contribution in [0.1, 0.15) is 13.3 Å². The first-order chi connectivity index (χ1) is 17.5. The number of ether oxygens (including phenoxy) is 1. The van der Waals surface area contributed by atoms with Crippen LogP contribution in [0.2, 0.25) is 0 Å². The third-order valence-electron chi connectivity index (χ3n) is 5.60. The van der Waals surface area contributed by atoms with Gasteiger partial charge in [-0.05, 0) is 13.3 Å². The Kier molecular flexibility index (Phi) is 15.3. The molecule has 0 bridgehead atoms. The van der Waals surface area contributed by atoms with Crippen molar-refractivity contribution in [2.24, 2.45) is 0 Å². The van der Waals surface area contributed by atoms with Crippen molar-refractivity contribution in [2.45, 2.75) is 19.4 Å². The molecule has 1 saturated heterocycles. The smallest absolute Gasteiger partial charge is 0.334 e. The van der Waals surface area contributed by atoms with E-state index in [2.05, 4.69) is 5.32 Å². The van der Waals surface area contributed by atoms with Crippen molar-refractivity contribution in [2.75, 3.05) is 91.7 Å². The van der Waals surface area contributed by atoms with Crippen molar-refractivity contribution in [3.63, 3.8) is 0 Å². The van der Waals surface area contributed by atoms with Gasteiger partial charge in [-0.2, -0.15) is 0 Å². The molecule has 0 spiro atoms. The van der Waals surface area contributed by atoms with Gasteiger partial charge in [-0.15, -0.1) is 0 Å². The second kappa shape index (κ2) is 17.6. The van der Waals surface area contributed by atoms with E-state index in [1.54, 1.807) is 14.7 Å². The number of hydrogen-bond donors (Lipinski definition) is 5. The van der Waals surface area contributed by atoms with Crippen LogP contribution in [-0.4, -0.2) is 168 Å². The van der Waals surface area contributed by atoms with Gasteiger partial charge in [0.15, 0.2) is 0 Å². The minimum atomic E-state index is -1.22. The number of aliphatic hydroxyl groups is 1. The van der Waals surface area contributed by atoms with E-state index >= 15 is 0 Å². The number of carboxylic acids is 3. The molecule has 1 fully saturated rings. The number of amides is 1. The molecule has 1 atom stereocenters. The predicted octanol–water partition coefficient (Wildman–Crippen LogP) is -3.11. The van der Waals surface area contributed by atoms with Gasteiger partial charge in [0.1, 0.15) is 6.10 Å². The second-order valence-electron chi connectivity index (χ2n) is 8.83. The van der Waals surface area contributed by atoms with Crippen molar-refractivity contribution in [3.05, 3.63) is 0 Å². The molecule has 37 heavy (non-hydrogen) atoms. The lowest BCUT2D eigenvalue weighted by Crippen LogP contribution is -2.49. The summed E-state index contributed by atoms with van der Waals surface area (Å²) in [5, 5.41) is 39.5. The van der Waals surface area contributed by atoms with Crippen LogP contribution >= 0.6 is 0 Å². The number of hydrogen-bond acceptors (Lipinski definition) is 11. The number of carbonyl (C=O) groups excluding carboxylic acids is 2. The zero-order valence-corrected chi connectivity index (χ0v) is 21.2. The topological polar surface area (TPSA) is 200 Å². The monoisotopic (exact) mass is 533 g/mol. The summed E-state index contributed by atoms with van der Waals surface area (Å²) in [6.45, 7) is 3.34. The average Bonchev–Trinajstić information content (AvgIpc) is 2.79. The standard InChI is InChI=1S/C22H39N5O10/c1-17(28)22(36)37-12-2-3-23-18(29)13-24-4-6-25(14-19(30)31)8-10-27(16-21(34)35)11-9-26(7-5-24)15-20(32)33/h17,28H,2-16H2,1H3,(H,23,29)(H,30,31)(H,32,33)(H,34,35)/t17-/m1/s1. The highest BCUT2D eigenvalue weighted by molar-refractivity contribution is 5.78. The number of esters is 1. The van der Waals surface area contributed by atoms with Crippen LogP contribution in [0, 0.1) is 0 Å². The number of nitrogens with zero attached hydrogens (tertiary/aromatic N) is 4. The van der Waals surface area contributed by atoms with Crippen LogP contribution < -0.4 is 5.32 Å². The molecule has 15 nitrogen and oxygen atoms in total. The van der Waals surface area contributed by atoms with Crippen LogP contribution in [0.15, 0.2) is 0 Å². The first-order valence-electron chi connectivity index (χ1n) is 12.1. The van der Waals surface area contributed by atoms with Gasteiger partial charge in [-0.25, -0.2) is 4.79 Å². The Morgan fingerprint density at radius 2 is 1.05 bits per heavy atom. The van der Waals surface area contributed by atoms with E-state index < -0.39 is 30.0 Å². The Hall–Kier alpha value is -2.85.